The average Bonchev–Trinajstić information content (AvgIpc) is 3.07. The Bertz CT molecular complexity index is 1130. The first-order chi connectivity index (χ1) is 14.4. The van der Waals surface area contributed by atoms with E-state index < -0.39 is 5.91 Å². The van der Waals surface area contributed by atoms with Gasteiger partial charge in [0, 0.05) is 23.5 Å². The first-order valence-electron chi connectivity index (χ1n) is 9.52. The summed E-state index contributed by atoms with van der Waals surface area (Å²) in [6, 6.07) is 8.39. The molecule has 0 spiro atoms. The van der Waals surface area contributed by atoms with Crippen molar-refractivity contribution < 1.29 is 14.3 Å². The van der Waals surface area contributed by atoms with E-state index in [2.05, 4.69) is 15.4 Å². The van der Waals surface area contributed by atoms with Crippen molar-refractivity contribution in [1.82, 2.24) is 19.3 Å². The zero-order valence-corrected chi connectivity index (χ0v) is 17.7. The Balaban J connectivity index is 1.96. The second-order valence-electron chi connectivity index (χ2n) is 6.78. The van der Waals surface area contributed by atoms with Crippen LogP contribution in [0.2, 0.25) is 0 Å². The molecule has 1 N–H and O–H groups in total. The number of ether oxygens (including phenoxy) is 2. The molecule has 30 heavy (non-hydrogen) atoms. The van der Waals surface area contributed by atoms with Gasteiger partial charge >= 0.3 is 0 Å². The number of rotatable bonds is 7. The van der Waals surface area contributed by atoms with Gasteiger partial charge < -0.3 is 14.8 Å². The number of carbonyl (C=O) groups is 1. The van der Waals surface area contributed by atoms with Crippen molar-refractivity contribution in [2.45, 2.75) is 33.7 Å². The smallest absolute Gasteiger partial charge is 0.255 e. The Labute approximate surface area is 174 Å². The second kappa shape index (κ2) is 8.81. The molecule has 9 nitrogen and oxygen atoms in total. The topological polar surface area (TPSA) is 100 Å². The third-order valence-electron chi connectivity index (χ3n) is 4.59. The fraction of sp³-hybridized carbons (Fsp3) is 0.333. The van der Waals surface area contributed by atoms with E-state index in [1.54, 1.807) is 30.0 Å². The lowest BCUT2D eigenvalue weighted by Gasteiger charge is -2.15. The Hall–Kier alpha value is -3.62. The SMILES string of the molecule is CCc1cc(=O)n(CC(=O)Nc2ccc(OC)cc2OC)c(-n2nc(C)cc2C)n1. The number of aryl methyl sites for hydroxylation is 3. The Kier molecular flexibility index (Phi) is 6.20. The van der Waals surface area contributed by atoms with Crippen LogP contribution < -0.4 is 20.3 Å². The molecule has 2 aromatic heterocycles. The largest absolute Gasteiger partial charge is 0.497 e. The molecule has 3 rings (SSSR count). The van der Waals surface area contributed by atoms with E-state index in [0.29, 0.717) is 35.2 Å². The Morgan fingerprint density at radius 2 is 1.90 bits per heavy atom. The van der Waals surface area contributed by atoms with Crippen LogP contribution in [0.15, 0.2) is 35.1 Å². The molecule has 0 radical (unpaired) electrons. The van der Waals surface area contributed by atoms with Crippen LogP contribution in [0.1, 0.15) is 24.0 Å². The molecule has 158 valence electrons. The first-order valence-corrected chi connectivity index (χ1v) is 9.52. The van der Waals surface area contributed by atoms with Gasteiger partial charge in [0.1, 0.15) is 18.0 Å². The summed E-state index contributed by atoms with van der Waals surface area (Å²) in [6.45, 7) is 5.42. The van der Waals surface area contributed by atoms with Gasteiger partial charge in [0.05, 0.1) is 25.6 Å². The van der Waals surface area contributed by atoms with Crippen molar-refractivity contribution in [2.75, 3.05) is 19.5 Å². The van der Waals surface area contributed by atoms with Gasteiger partial charge in [-0.1, -0.05) is 6.92 Å². The molecule has 0 aliphatic rings. The maximum absolute atomic E-state index is 12.8. The zero-order chi connectivity index (χ0) is 21.8. The highest BCUT2D eigenvalue weighted by molar-refractivity contribution is 5.92. The van der Waals surface area contributed by atoms with E-state index in [4.69, 9.17) is 9.47 Å². The highest BCUT2D eigenvalue weighted by atomic mass is 16.5. The fourth-order valence-corrected chi connectivity index (χ4v) is 3.10. The van der Waals surface area contributed by atoms with Gasteiger partial charge in [-0.25, -0.2) is 9.67 Å². The lowest BCUT2D eigenvalue weighted by Crippen LogP contribution is -2.32. The second-order valence-corrected chi connectivity index (χ2v) is 6.78. The highest BCUT2D eigenvalue weighted by Gasteiger charge is 2.17. The van der Waals surface area contributed by atoms with E-state index >= 15 is 0 Å². The summed E-state index contributed by atoms with van der Waals surface area (Å²) in [5.74, 6) is 0.969. The summed E-state index contributed by atoms with van der Waals surface area (Å²) in [5, 5.41) is 7.20. The van der Waals surface area contributed by atoms with Crippen molar-refractivity contribution >= 4 is 11.6 Å². The predicted octanol–water partition coefficient (Wildman–Crippen LogP) is 2.26. The molecule has 0 bridgehead atoms. The molecule has 0 saturated heterocycles. The number of anilines is 1. The van der Waals surface area contributed by atoms with Gasteiger partial charge in [-0.15, -0.1) is 0 Å². The number of benzene rings is 1. The van der Waals surface area contributed by atoms with Gasteiger partial charge in [-0.2, -0.15) is 5.10 Å². The number of carbonyl (C=O) groups excluding carboxylic acids is 1. The number of hydrogen-bond donors (Lipinski definition) is 1. The van der Waals surface area contributed by atoms with Crippen LogP contribution in [0.5, 0.6) is 11.5 Å². The fourth-order valence-electron chi connectivity index (χ4n) is 3.10. The Morgan fingerprint density at radius 3 is 2.50 bits per heavy atom. The molecule has 0 aliphatic heterocycles. The molecule has 0 fully saturated rings. The van der Waals surface area contributed by atoms with Crippen molar-refractivity contribution in [1.29, 1.82) is 0 Å². The number of nitrogens with zero attached hydrogens (tertiary/aromatic N) is 4. The van der Waals surface area contributed by atoms with E-state index in [0.717, 1.165) is 11.4 Å². The number of amides is 1. The average molecular weight is 411 g/mol. The van der Waals surface area contributed by atoms with Crippen LogP contribution in [0.4, 0.5) is 5.69 Å². The molecule has 0 unspecified atom stereocenters. The summed E-state index contributed by atoms with van der Waals surface area (Å²) in [7, 11) is 3.05. The zero-order valence-electron chi connectivity index (χ0n) is 17.7. The highest BCUT2D eigenvalue weighted by Crippen LogP contribution is 2.29. The summed E-state index contributed by atoms with van der Waals surface area (Å²) in [5.41, 5.74) is 2.40. The molecular formula is C21H25N5O4. The number of aromatic nitrogens is 4. The maximum atomic E-state index is 12.8. The normalized spacial score (nSPS) is 10.7. The van der Waals surface area contributed by atoms with Crippen molar-refractivity contribution in [3.8, 4) is 17.4 Å². The van der Waals surface area contributed by atoms with E-state index in [9.17, 15) is 9.59 Å². The summed E-state index contributed by atoms with van der Waals surface area (Å²) in [4.78, 5) is 30.1. The minimum atomic E-state index is -0.394. The quantitative estimate of drug-likeness (QED) is 0.640. The van der Waals surface area contributed by atoms with E-state index in [1.165, 1.54) is 17.7 Å². The molecule has 0 atom stereocenters. The molecule has 2 heterocycles. The molecular weight excluding hydrogens is 386 g/mol. The molecule has 1 amide bonds. The van der Waals surface area contributed by atoms with Gasteiger partial charge in [0.25, 0.3) is 5.56 Å². The minimum absolute atomic E-state index is 0.224. The first kappa shape index (κ1) is 21.1. The third-order valence-corrected chi connectivity index (χ3v) is 4.59. The molecule has 0 saturated carbocycles. The predicted molar refractivity (Wildman–Crippen MR) is 113 cm³/mol. The van der Waals surface area contributed by atoms with Gasteiger partial charge in [0.2, 0.25) is 11.9 Å². The van der Waals surface area contributed by atoms with Gasteiger partial charge in [0.15, 0.2) is 0 Å². The summed E-state index contributed by atoms with van der Waals surface area (Å²) >= 11 is 0. The number of methoxy groups -OCH3 is 2. The van der Waals surface area contributed by atoms with Crippen molar-refractivity contribution in [3.05, 3.63) is 57.8 Å². The van der Waals surface area contributed by atoms with Crippen molar-refractivity contribution in [3.63, 3.8) is 0 Å². The minimum Gasteiger partial charge on any atom is -0.497 e. The van der Waals surface area contributed by atoms with Crippen LogP contribution >= 0.6 is 0 Å². The maximum Gasteiger partial charge on any atom is 0.255 e. The van der Waals surface area contributed by atoms with Crippen molar-refractivity contribution in [2.24, 2.45) is 0 Å². The number of hydrogen-bond acceptors (Lipinski definition) is 6. The van der Waals surface area contributed by atoms with Crippen LogP contribution in [-0.2, 0) is 17.8 Å². The van der Waals surface area contributed by atoms with Gasteiger partial charge in [-0.05, 0) is 38.5 Å². The van der Waals surface area contributed by atoms with E-state index in [-0.39, 0.29) is 12.1 Å². The molecule has 3 aromatic rings. The molecule has 1 aromatic carbocycles. The Morgan fingerprint density at radius 1 is 1.13 bits per heavy atom. The van der Waals surface area contributed by atoms with Crippen LogP contribution in [0.25, 0.3) is 5.95 Å². The molecule has 0 aliphatic carbocycles. The molecule has 9 heteroatoms. The number of nitrogens with one attached hydrogen (secondary N) is 1. The third kappa shape index (κ3) is 4.35. The summed E-state index contributed by atoms with van der Waals surface area (Å²) in [6.07, 6.45) is 0.595. The standard InChI is InChI=1S/C21H25N5O4/c1-6-15-10-20(28)25(21(22-15)26-14(3)9-13(2)24-26)12-19(27)23-17-8-7-16(29-4)11-18(17)30-5/h7-11H,6,12H2,1-5H3,(H,23,27). The van der Waals surface area contributed by atoms with Crippen LogP contribution in [0.3, 0.4) is 0 Å². The van der Waals surface area contributed by atoms with E-state index in [1.807, 2.05) is 26.8 Å². The summed E-state index contributed by atoms with van der Waals surface area (Å²) < 4.78 is 13.4. The van der Waals surface area contributed by atoms with Crippen LogP contribution in [0, 0.1) is 13.8 Å². The lowest BCUT2D eigenvalue weighted by atomic mass is 10.2. The lowest BCUT2D eigenvalue weighted by molar-refractivity contribution is -0.116. The van der Waals surface area contributed by atoms with Crippen LogP contribution in [-0.4, -0.2) is 39.5 Å². The van der Waals surface area contributed by atoms with Gasteiger partial charge in [-0.3, -0.25) is 14.2 Å². The monoisotopic (exact) mass is 411 g/mol.